The monoisotopic (exact) mass is 248 g/mol. The summed E-state index contributed by atoms with van der Waals surface area (Å²) in [5, 5.41) is 12.2. The summed E-state index contributed by atoms with van der Waals surface area (Å²) >= 11 is 0. The average Bonchev–Trinajstić information content (AvgIpc) is 2.73. The van der Waals surface area contributed by atoms with Gasteiger partial charge in [-0.05, 0) is 19.0 Å². The van der Waals surface area contributed by atoms with Gasteiger partial charge < -0.3 is 10.4 Å². The fraction of sp³-hybridized carbons (Fsp3) is 0.500. The van der Waals surface area contributed by atoms with Gasteiger partial charge in [0, 0.05) is 25.2 Å². The molecule has 0 spiro atoms. The molecule has 1 aromatic carbocycles. The Morgan fingerprint density at radius 2 is 2.17 bits per heavy atom. The van der Waals surface area contributed by atoms with Gasteiger partial charge >= 0.3 is 5.97 Å². The van der Waals surface area contributed by atoms with E-state index in [1.807, 2.05) is 25.2 Å². The van der Waals surface area contributed by atoms with Crippen LogP contribution in [0.3, 0.4) is 0 Å². The van der Waals surface area contributed by atoms with Crippen molar-refractivity contribution >= 4 is 5.97 Å². The highest BCUT2D eigenvalue weighted by atomic mass is 16.4. The lowest BCUT2D eigenvalue weighted by molar-refractivity contribution is -0.138. The minimum atomic E-state index is -0.731. The predicted molar refractivity (Wildman–Crippen MR) is 70.4 cm³/mol. The lowest BCUT2D eigenvalue weighted by Gasteiger charge is -2.27. The molecule has 0 amide bonds. The van der Waals surface area contributed by atoms with Gasteiger partial charge in [-0.1, -0.05) is 30.3 Å². The van der Waals surface area contributed by atoms with Crippen LogP contribution in [0.15, 0.2) is 30.3 Å². The number of benzene rings is 1. The third kappa shape index (κ3) is 3.09. The highest BCUT2D eigenvalue weighted by Crippen LogP contribution is 2.25. The maximum absolute atomic E-state index is 10.9. The molecule has 0 aromatic heterocycles. The minimum Gasteiger partial charge on any atom is -0.481 e. The molecular formula is C14H20N2O2. The Bertz CT molecular complexity index is 408. The summed E-state index contributed by atoms with van der Waals surface area (Å²) in [6.07, 6.45) is 1.08. The van der Waals surface area contributed by atoms with E-state index in [9.17, 15) is 4.79 Å². The van der Waals surface area contributed by atoms with Crippen LogP contribution in [0.25, 0.3) is 0 Å². The highest BCUT2D eigenvalue weighted by Gasteiger charge is 2.38. The van der Waals surface area contributed by atoms with E-state index < -0.39 is 5.97 Å². The van der Waals surface area contributed by atoms with Gasteiger partial charge in [-0.25, -0.2) is 0 Å². The number of nitrogens with one attached hydrogen (secondary N) is 1. The van der Waals surface area contributed by atoms with Crippen molar-refractivity contribution in [2.75, 3.05) is 20.1 Å². The van der Waals surface area contributed by atoms with Crippen molar-refractivity contribution in [2.45, 2.75) is 24.9 Å². The number of hydrogen-bond donors (Lipinski definition) is 2. The molecule has 1 aromatic rings. The topological polar surface area (TPSA) is 52.6 Å². The molecule has 4 heteroatoms. The molecule has 4 nitrogen and oxygen atoms in total. The third-order valence-electron chi connectivity index (χ3n) is 3.70. The molecule has 1 aliphatic rings. The number of aliphatic carboxylic acids is 1. The smallest absolute Gasteiger partial charge is 0.305 e. The van der Waals surface area contributed by atoms with Crippen LogP contribution >= 0.6 is 0 Å². The molecule has 1 unspecified atom stereocenters. The van der Waals surface area contributed by atoms with Crippen LogP contribution in [-0.4, -0.2) is 41.7 Å². The molecule has 2 rings (SSSR count). The zero-order valence-electron chi connectivity index (χ0n) is 10.7. The van der Waals surface area contributed by atoms with Crippen molar-refractivity contribution in [1.29, 1.82) is 0 Å². The molecule has 1 fully saturated rings. The van der Waals surface area contributed by atoms with E-state index in [4.69, 9.17) is 5.11 Å². The van der Waals surface area contributed by atoms with E-state index in [0.29, 0.717) is 0 Å². The first-order chi connectivity index (χ1) is 8.63. The minimum absolute atomic E-state index is 0.189. The molecule has 0 bridgehead atoms. The molecule has 18 heavy (non-hydrogen) atoms. The van der Waals surface area contributed by atoms with Gasteiger partial charge in [-0.3, -0.25) is 9.69 Å². The van der Waals surface area contributed by atoms with Gasteiger partial charge in [0.25, 0.3) is 0 Å². The van der Waals surface area contributed by atoms with Crippen molar-refractivity contribution in [3.05, 3.63) is 35.9 Å². The van der Waals surface area contributed by atoms with Crippen molar-refractivity contribution in [1.82, 2.24) is 10.2 Å². The largest absolute Gasteiger partial charge is 0.481 e. The molecule has 1 aliphatic heterocycles. The number of carbonyl (C=O) groups is 1. The second-order valence-corrected chi connectivity index (χ2v) is 5.05. The van der Waals surface area contributed by atoms with E-state index in [0.717, 1.165) is 26.1 Å². The molecule has 0 radical (unpaired) electrons. The van der Waals surface area contributed by atoms with Crippen LogP contribution < -0.4 is 5.32 Å². The fourth-order valence-electron chi connectivity index (χ4n) is 2.66. The number of rotatable bonds is 5. The van der Waals surface area contributed by atoms with Gasteiger partial charge in [-0.2, -0.15) is 0 Å². The van der Waals surface area contributed by atoms with Gasteiger partial charge in [0.05, 0.1) is 6.42 Å². The molecule has 1 atom stereocenters. The van der Waals surface area contributed by atoms with Gasteiger partial charge in [-0.15, -0.1) is 0 Å². The number of carboxylic acid groups (broad SMARTS) is 1. The van der Waals surface area contributed by atoms with E-state index >= 15 is 0 Å². The Balaban J connectivity index is 1.97. The number of likely N-dealkylation sites (N-methyl/N-ethyl adjacent to an activating group) is 1. The summed E-state index contributed by atoms with van der Waals surface area (Å²) in [5.41, 5.74) is 1.01. The summed E-state index contributed by atoms with van der Waals surface area (Å²) < 4.78 is 0. The normalized spacial score (nSPS) is 24.3. The van der Waals surface area contributed by atoms with Crippen LogP contribution in [0.1, 0.15) is 18.4 Å². The molecule has 98 valence electrons. The quantitative estimate of drug-likeness (QED) is 0.825. The fourth-order valence-corrected chi connectivity index (χ4v) is 2.66. The third-order valence-corrected chi connectivity index (χ3v) is 3.70. The van der Waals surface area contributed by atoms with Crippen molar-refractivity contribution in [3.8, 4) is 0 Å². The first-order valence-corrected chi connectivity index (χ1v) is 6.30. The first kappa shape index (κ1) is 13.1. The van der Waals surface area contributed by atoms with Crippen molar-refractivity contribution in [3.63, 3.8) is 0 Å². The van der Waals surface area contributed by atoms with Crippen LogP contribution in [0.5, 0.6) is 0 Å². The Kier molecular flexibility index (Phi) is 3.99. The molecule has 0 saturated carbocycles. The van der Waals surface area contributed by atoms with Crippen LogP contribution in [-0.2, 0) is 11.3 Å². The van der Waals surface area contributed by atoms with E-state index in [1.165, 1.54) is 5.56 Å². The maximum atomic E-state index is 10.9. The summed E-state index contributed by atoms with van der Waals surface area (Å²) in [4.78, 5) is 13.2. The standard InChI is InChI=1S/C14H20N2O2/c1-15-14(9-13(17)18)7-8-16(11-14)10-12-5-3-2-4-6-12/h2-6,15H,7-11H2,1H3,(H,17,18). The Labute approximate surface area is 108 Å². The van der Waals surface area contributed by atoms with Crippen LogP contribution in [0, 0.1) is 0 Å². The van der Waals surface area contributed by atoms with Crippen molar-refractivity contribution in [2.24, 2.45) is 0 Å². The number of nitrogens with zero attached hydrogens (tertiary/aromatic N) is 1. The number of likely N-dealkylation sites (tertiary alicyclic amines) is 1. The SMILES string of the molecule is CNC1(CC(=O)O)CCN(Cc2ccccc2)C1. The summed E-state index contributed by atoms with van der Waals surface area (Å²) in [6.45, 7) is 2.64. The molecule has 2 N–H and O–H groups in total. The summed E-state index contributed by atoms with van der Waals surface area (Å²) in [7, 11) is 1.86. The van der Waals surface area contributed by atoms with E-state index in [1.54, 1.807) is 0 Å². The Morgan fingerprint density at radius 3 is 2.78 bits per heavy atom. The molecule has 1 saturated heterocycles. The highest BCUT2D eigenvalue weighted by molar-refractivity contribution is 5.68. The first-order valence-electron chi connectivity index (χ1n) is 6.30. The van der Waals surface area contributed by atoms with Gasteiger partial charge in [0.2, 0.25) is 0 Å². The Morgan fingerprint density at radius 1 is 1.44 bits per heavy atom. The average molecular weight is 248 g/mol. The van der Waals surface area contributed by atoms with Gasteiger partial charge in [0.15, 0.2) is 0 Å². The van der Waals surface area contributed by atoms with E-state index in [2.05, 4.69) is 22.3 Å². The second kappa shape index (κ2) is 5.50. The zero-order chi connectivity index (χ0) is 13.0. The lowest BCUT2D eigenvalue weighted by atomic mass is 9.94. The van der Waals surface area contributed by atoms with Crippen molar-refractivity contribution < 1.29 is 9.90 Å². The Hall–Kier alpha value is -1.39. The van der Waals surface area contributed by atoms with E-state index in [-0.39, 0.29) is 12.0 Å². The zero-order valence-corrected chi connectivity index (χ0v) is 10.7. The van der Waals surface area contributed by atoms with Crippen LogP contribution in [0.4, 0.5) is 0 Å². The van der Waals surface area contributed by atoms with Gasteiger partial charge in [0.1, 0.15) is 0 Å². The maximum Gasteiger partial charge on any atom is 0.305 e. The number of carboxylic acids is 1. The molecule has 1 heterocycles. The summed E-state index contributed by atoms with van der Waals surface area (Å²) in [6, 6.07) is 10.3. The van der Waals surface area contributed by atoms with Crippen LogP contribution in [0.2, 0.25) is 0 Å². The molecular weight excluding hydrogens is 228 g/mol. The molecule has 0 aliphatic carbocycles. The number of hydrogen-bond acceptors (Lipinski definition) is 3. The predicted octanol–water partition coefficient (Wildman–Crippen LogP) is 1.33. The lowest BCUT2D eigenvalue weighted by Crippen LogP contribution is -2.47. The summed E-state index contributed by atoms with van der Waals surface area (Å²) in [5.74, 6) is -0.731. The second-order valence-electron chi connectivity index (χ2n) is 5.05.